The van der Waals surface area contributed by atoms with Gasteiger partial charge in [-0.25, -0.2) is 0 Å². The average molecular weight is 260 g/mol. The molecular formula is C16H24N2O. The molecule has 3 heteroatoms. The maximum Gasteiger partial charge on any atom is 0.0674 e. The van der Waals surface area contributed by atoms with Crippen LogP contribution in [0.25, 0.3) is 0 Å². The van der Waals surface area contributed by atoms with Crippen molar-refractivity contribution in [2.24, 2.45) is 0 Å². The molecule has 0 spiro atoms. The Kier molecular flexibility index (Phi) is 3.76. The summed E-state index contributed by atoms with van der Waals surface area (Å²) in [6.45, 7) is 8.48. The number of para-hydroxylation sites is 1. The van der Waals surface area contributed by atoms with Gasteiger partial charge in [-0.05, 0) is 30.9 Å². The molecule has 0 saturated carbocycles. The average Bonchev–Trinajstić information content (AvgIpc) is 2.88. The number of ether oxygens (including phenoxy) is 1. The zero-order chi connectivity index (χ0) is 13.2. The Bertz CT molecular complexity index is 446. The standard InChI is InChI=1S/C16H24N2O/c1-3-15-11-19-12(2)9-18(15)10-14-6-4-5-13-7-8-17-16(13)14/h4-6,12,15,17H,3,7-11H2,1-2H3. The van der Waals surface area contributed by atoms with Crippen LogP contribution in [-0.2, 0) is 17.7 Å². The summed E-state index contributed by atoms with van der Waals surface area (Å²) in [5, 5.41) is 3.54. The van der Waals surface area contributed by atoms with Gasteiger partial charge in [-0.15, -0.1) is 0 Å². The Balaban J connectivity index is 1.78. The first-order valence-electron chi connectivity index (χ1n) is 7.48. The van der Waals surface area contributed by atoms with E-state index in [1.165, 1.54) is 23.2 Å². The van der Waals surface area contributed by atoms with Crippen LogP contribution in [0, 0.1) is 0 Å². The Hall–Kier alpha value is -1.06. The van der Waals surface area contributed by atoms with Crippen molar-refractivity contribution in [1.82, 2.24) is 4.90 Å². The highest BCUT2D eigenvalue weighted by atomic mass is 16.5. The normalized spacial score (nSPS) is 27.1. The zero-order valence-electron chi connectivity index (χ0n) is 12.0. The van der Waals surface area contributed by atoms with Gasteiger partial charge < -0.3 is 10.1 Å². The highest BCUT2D eigenvalue weighted by Gasteiger charge is 2.26. The Morgan fingerprint density at radius 1 is 1.42 bits per heavy atom. The highest BCUT2D eigenvalue weighted by molar-refractivity contribution is 5.61. The van der Waals surface area contributed by atoms with E-state index < -0.39 is 0 Å². The van der Waals surface area contributed by atoms with Crippen LogP contribution in [0.5, 0.6) is 0 Å². The zero-order valence-corrected chi connectivity index (χ0v) is 12.0. The van der Waals surface area contributed by atoms with Gasteiger partial charge in [0.05, 0.1) is 12.7 Å². The van der Waals surface area contributed by atoms with Crippen molar-refractivity contribution >= 4 is 5.69 Å². The SMILES string of the molecule is CCC1COC(C)CN1Cc1cccc2c1NCC2. The van der Waals surface area contributed by atoms with E-state index in [9.17, 15) is 0 Å². The molecule has 1 aromatic rings. The lowest BCUT2D eigenvalue weighted by Gasteiger charge is -2.38. The van der Waals surface area contributed by atoms with Gasteiger partial charge >= 0.3 is 0 Å². The molecule has 0 amide bonds. The lowest BCUT2D eigenvalue weighted by Crippen LogP contribution is -2.47. The molecule has 2 unspecified atom stereocenters. The van der Waals surface area contributed by atoms with Crippen molar-refractivity contribution in [2.45, 2.75) is 45.4 Å². The van der Waals surface area contributed by atoms with Gasteiger partial charge in [-0.2, -0.15) is 0 Å². The Morgan fingerprint density at radius 2 is 2.32 bits per heavy atom. The number of anilines is 1. The maximum absolute atomic E-state index is 5.78. The second-order valence-electron chi connectivity index (χ2n) is 5.76. The first-order chi connectivity index (χ1) is 9.28. The second-order valence-corrected chi connectivity index (χ2v) is 5.76. The molecule has 2 atom stereocenters. The third kappa shape index (κ3) is 2.63. The predicted octanol–water partition coefficient (Wildman–Crippen LogP) is 2.65. The monoisotopic (exact) mass is 260 g/mol. The van der Waals surface area contributed by atoms with Gasteiger partial charge in [0.15, 0.2) is 0 Å². The lowest BCUT2D eigenvalue weighted by atomic mass is 10.0. The van der Waals surface area contributed by atoms with Crippen LogP contribution in [-0.4, -0.2) is 36.7 Å². The number of nitrogens with one attached hydrogen (secondary N) is 1. The van der Waals surface area contributed by atoms with Crippen molar-refractivity contribution in [1.29, 1.82) is 0 Å². The maximum atomic E-state index is 5.78. The molecule has 104 valence electrons. The summed E-state index contributed by atoms with van der Waals surface area (Å²) in [5.74, 6) is 0. The van der Waals surface area contributed by atoms with Gasteiger partial charge in [0.25, 0.3) is 0 Å². The van der Waals surface area contributed by atoms with Crippen molar-refractivity contribution in [3.63, 3.8) is 0 Å². The number of nitrogens with zero attached hydrogens (tertiary/aromatic N) is 1. The lowest BCUT2D eigenvalue weighted by molar-refractivity contribution is -0.0591. The second kappa shape index (κ2) is 5.51. The minimum Gasteiger partial charge on any atom is -0.384 e. The predicted molar refractivity (Wildman–Crippen MR) is 78.5 cm³/mol. The fraction of sp³-hybridized carbons (Fsp3) is 0.625. The summed E-state index contributed by atoms with van der Waals surface area (Å²) in [6, 6.07) is 7.28. The minimum absolute atomic E-state index is 0.354. The molecule has 2 aliphatic heterocycles. The van der Waals surface area contributed by atoms with Crippen molar-refractivity contribution < 1.29 is 4.74 Å². The topological polar surface area (TPSA) is 24.5 Å². The smallest absolute Gasteiger partial charge is 0.0674 e. The molecule has 0 bridgehead atoms. The summed E-state index contributed by atoms with van der Waals surface area (Å²) in [7, 11) is 0. The quantitative estimate of drug-likeness (QED) is 0.904. The van der Waals surface area contributed by atoms with Crippen LogP contribution in [0.1, 0.15) is 31.4 Å². The Morgan fingerprint density at radius 3 is 3.16 bits per heavy atom. The number of fused-ring (bicyclic) bond motifs is 1. The molecule has 1 fully saturated rings. The summed E-state index contributed by atoms with van der Waals surface area (Å²) >= 11 is 0. The van der Waals surface area contributed by atoms with Gasteiger partial charge in [0.2, 0.25) is 0 Å². The van der Waals surface area contributed by atoms with Gasteiger partial charge in [0, 0.05) is 31.4 Å². The molecule has 3 nitrogen and oxygen atoms in total. The molecule has 0 aromatic heterocycles. The summed E-state index contributed by atoms with van der Waals surface area (Å²) in [6.07, 6.45) is 2.68. The number of hydrogen-bond acceptors (Lipinski definition) is 3. The third-order valence-corrected chi connectivity index (χ3v) is 4.36. The van der Waals surface area contributed by atoms with Crippen LogP contribution < -0.4 is 5.32 Å². The van der Waals surface area contributed by atoms with E-state index in [4.69, 9.17) is 4.74 Å². The molecule has 1 N–H and O–H groups in total. The molecule has 19 heavy (non-hydrogen) atoms. The molecule has 1 aromatic carbocycles. The number of hydrogen-bond donors (Lipinski definition) is 1. The fourth-order valence-electron chi connectivity index (χ4n) is 3.24. The molecule has 2 aliphatic rings. The molecule has 3 rings (SSSR count). The van der Waals surface area contributed by atoms with Crippen molar-refractivity contribution in [2.75, 3.05) is 25.0 Å². The number of morpholine rings is 1. The summed E-state index contributed by atoms with van der Waals surface area (Å²) < 4.78 is 5.78. The highest BCUT2D eigenvalue weighted by Crippen LogP contribution is 2.28. The molecule has 0 aliphatic carbocycles. The van der Waals surface area contributed by atoms with Crippen LogP contribution in [0.15, 0.2) is 18.2 Å². The molecule has 0 radical (unpaired) electrons. The van der Waals surface area contributed by atoms with E-state index in [0.717, 1.165) is 32.7 Å². The van der Waals surface area contributed by atoms with E-state index in [-0.39, 0.29) is 0 Å². The van der Waals surface area contributed by atoms with Crippen LogP contribution in [0.3, 0.4) is 0 Å². The van der Waals surface area contributed by atoms with Crippen LogP contribution >= 0.6 is 0 Å². The largest absolute Gasteiger partial charge is 0.384 e. The van der Waals surface area contributed by atoms with Crippen molar-refractivity contribution in [3.8, 4) is 0 Å². The summed E-state index contributed by atoms with van der Waals surface area (Å²) in [5.41, 5.74) is 4.31. The van der Waals surface area contributed by atoms with Gasteiger partial charge in [-0.1, -0.05) is 25.1 Å². The number of rotatable bonds is 3. The van der Waals surface area contributed by atoms with E-state index >= 15 is 0 Å². The molecular weight excluding hydrogens is 236 g/mol. The van der Waals surface area contributed by atoms with Gasteiger partial charge in [-0.3, -0.25) is 4.90 Å². The summed E-state index contributed by atoms with van der Waals surface area (Å²) in [4.78, 5) is 2.59. The Labute approximate surface area is 115 Å². The van der Waals surface area contributed by atoms with Crippen LogP contribution in [0.2, 0.25) is 0 Å². The van der Waals surface area contributed by atoms with Crippen LogP contribution in [0.4, 0.5) is 5.69 Å². The first-order valence-corrected chi connectivity index (χ1v) is 7.48. The first kappa shape index (κ1) is 12.9. The van der Waals surface area contributed by atoms with E-state index in [1.807, 2.05) is 0 Å². The fourth-order valence-corrected chi connectivity index (χ4v) is 3.24. The molecule has 2 heterocycles. The van der Waals surface area contributed by atoms with E-state index in [1.54, 1.807) is 0 Å². The molecule has 1 saturated heterocycles. The van der Waals surface area contributed by atoms with E-state index in [0.29, 0.717) is 12.1 Å². The minimum atomic E-state index is 0.354. The van der Waals surface area contributed by atoms with E-state index in [2.05, 4.69) is 42.3 Å². The third-order valence-electron chi connectivity index (χ3n) is 4.36. The number of benzene rings is 1. The van der Waals surface area contributed by atoms with Crippen molar-refractivity contribution in [3.05, 3.63) is 29.3 Å². The van der Waals surface area contributed by atoms with Gasteiger partial charge in [0.1, 0.15) is 0 Å².